The molecule has 5 nitrogen and oxygen atoms in total. The van der Waals surface area contributed by atoms with Gasteiger partial charge in [0.15, 0.2) is 11.6 Å². The van der Waals surface area contributed by atoms with E-state index in [0.717, 1.165) is 12.1 Å². The van der Waals surface area contributed by atoms with Crippen molar-refractivity contribution in [3.05, 3.63) is 65.2 Å². The Bertz CT molecular complexity index is 824. The van der Waals surface area contributed by atoms with E-state index in [1.54, 1.807) is 29.2 Å². The fourth-order valence-electron chi connectivity index (χ4n) is 2.72. The van der Waals surface area contributed by atoms with E-state index in [9.17, 15) is 18.4 Å². The molecular weight excluding hydrogens is 342 g/mol. The zero-order valence-corrected chi connectivity index (χ0v) is 14.2. The smallest absolute Gasteiger partial charge is 0.255 e. The van der Waals surface area contributed by atoms with Crippen molar-refractivity contribution in [1.82, 2.24) is 4.90 Å². The molecule has 0 saturated carbocycles. The maximum Gasteiger partial charge on any atom is 0.255 e. The van der Waals surface area contributed by atoms with Crippen LogP contribution in [0.5, 0.6) is 0 Å². The molecular formula is C19H18F2N2O3. The molecule has 2 aromatic carbocycles. The molecule has 0 aromatic heterocycles. The first-order chi connectivity index (χ1) is 12.4. The van der Waals surface area contributed by atoms with Crippen molar-refractivity contribution in [2.24, 2.45) is 0 Å². The van der Waals surface area contributed by atoms with Gasteiger partial charge in [-0.2, -0.15) is 0 Å². The summed E-state index contributed by atoms with van der Waals surface area (Å²) in [6.45, 7) is 3.50. The standard InChI is InChI=1S/C19H18F2N2O3/c1-12-11-23(8-9-26-12)19(25)13-2-5-15(6-3-13)22-18(24)14-4-7-16(20)17(21)10-14/h2-7,10,12H,8-9,11H2,1H3,(H,22,24). The van der Waals surface area contributed by atoms with E-state index in [-0.39, 0.29) is 17.6 Å². The van der Waals surface area contributed by atoms with E-state index in [0.29, 0.717) is 30.9 Å². The monoisotopic (exact) mass is 360 g/mol. The second-order valence-corrected chi connectivity index (χ2v) is 6.09. The number of ether oxygens (including phenoxy) is 1. The van der Waals surface area contributed by atoms with Crippen LogP contribution in [0.2, 0.25) is 0 Å². The average Bonchev–Trinajstić information content (AvgIpc) is 2.64. The van der Waals surface area contributed by atoms with Crippen LogP contribution in [0, 0.1) is 11.6 Å². The van der Waals surface area contributed by atoms with Crippen molar-refractivity contribution < 1.29 is 23.1 Å². The van der Waals surface area contributed by atoms with Crippen LogP contribution in [0.25, 0.3) is 0 Å². The zero-order valence-electron chi connectivity index (χ0n) is 14.2. The minimum Gasteiger partial charge on any atom is -0.375 e. The van der Waals surface area contributed by atoms with Crippen LogP contribution in [-0.2, 0) is 4.74 Å². The molecule has 0 radical (unpaired) electrons. The highest BCUT2D eigenvalue weighted by Crippen LogP contribution is 2.16. The van der Waals surface area contributed by atoms with Crippen molar-refractivity contribution in [2.75, 3.05) is 25.0 Å². The quantitative estimate of drug-likeness (QED) is 0.915. The van der Waals surface area contributed by atoms with Gasteiger partial charge >= 0.3 is 0 Å². The minimum atomic E-state index is -1.08. The van der Waals surface area contributed by atoms with E-state index < -0.39 is 17.5 Å². The molecule has 0 bridgehead atoms. The SMILES string of the molecule is CC1CN(C(=O)c2ccc(NC(=O)c3ccc(F)c(F)c3)cc2)CCO1. The Morgan fingerprint density at radius 2 is 1.77 bits per heavy atom. The van der Waals surface area contributed by atoms with Crippen LogP contribution < -0.4 is 5.32 Å². The van der Waals surface area contributed by atoms with Gasteiger partial charge in [-0.3, -0.25) is 9.59 Å². The summed E-state index contributed by atoms with van der Waals surface area (Å²) in [6.07, 6.45) is 0.00219. The Kier molecular flexibility index (Phi) is 5.27. The Morgan fingerprint density at radius 3 is 2.42 bits per heavy atom. The second kappa shape index (κ2) is 7.61. The highest BCUT2D eigenvalue weighted by Gasteiger charge is 2.22. The first kappa shape index (κ1) is 18.0. The van der Waals surface area contributed by atoms with Gasteiger partial charge in [-0.15, -0.1) is 0 Å². The lowest BCUT2D eigenvalue weighted by Gasteiger charge is -2.31. The predicted molar refractivity (Wildman–Crippen MR) is 92.1 cm³/mol. The lowest BCUT2D eigenvalue weighted by atomic mass is 10.1. The minimum absolute atomic E-state index is 0.00219. The molecule has 1 aliphatic rings. The van der Waals surface area contributed by atoms with Gasteiger partial charge in [0.2, 0.25) is 0 Å². The Labute approximate surface area is 149 Å². The summed E-state index contributed by atoms with van der Waals surface area (Å²) >= 11 is 0. The third kappa shape index (κ3) is 4.05. The summed E-state index contributed by atoms with van der Waals surface area (Å²) in [5, 5.41) is 2.58. The van der Waals surface area contributed by atoms with Crippen molar-refractivity contribution >= 4 is 17.5 Å². The number of anilines is 1. The fraction of sp³-hybridized carbons (Fsp3) is 0.263. The summed E-state index contributed by atoms with van der Waals surface area (Å²) in [5.41, 5.74) is 0.961. The lowest BCUT2D eigenvalue weighted by molar-refractivity contribution is -0.0124. The summed E-state index contributed by atoms with van der Waals surface area (Å²) in [6, 6.07) is 9.35. The number of benzene rings is 2. The number of nitrogens with zero attached hydrogens (tertiary/aromatic N) is 1. The number of carbonyl (C=O) groups is 2. The highest BCUT2D eigenvalue weighted by molar-refractivity contribution is 6.04. The Balaban J connectivity index is 1.66. The van der Waals surface area contributed by atoms with Gasteiger partial charge in [-0.1, -0.05) is 0 Å². The third-order valence-electron chi connectivity index (χ3n) is 4.10. The number of rotatable bonds is 3. The molecule has 26 heavy (non-hydrogen) atoms. The van der Waals surface area contributed by atoms with Crippen molar-refractivity contribution in [2.45, 2.75) is 13.0 Å². The van der Waals surface area contributed by atoms with Gasteiger partial charge in [-0.25, -0.2) is 8.78 Å². The van der Waals surface area contributed by atoms with Crippen LogP contribution in [0.3, 0.4) is 0 Å². The number of halogens is 2. The maximum absolute atomic E-state index is 13.2. The topological polar surface area (TPSA) is 58.6 Å². The maximum atomic E-state index is 13.2. The Morgan fingerprint density at radius 1 is 1.08 bits per heavy atom. The first-order valence-corrected chi connectivity index (χ1v) is 8.21. The van der Waals surface area contributed by atoms with Gasteiger partial charge in [0.1, 0.15) is 0 Å². The van der Waals surface area contributed by atoms with E-state index >= 15 is 0 Å². The van der Waals surface area contributed by atoms with Crippen molar-refractivity contribution in [1.29, 1.82) is 0 Å². The molecule has 1 unspecified atom stereocenters. The zero-order chi connectivity index (χ0) is 18.7. The number of hydrogen-bond donors (Lipinski definition) is 1. The third-order valence-corrected chi connectivity index (χ3v) is 4.10. The Hall–Kier alpha value is -2.80. The van der Waals surface area contributed by atoms with Crippen LogP contribution >= 0.6 is 0 Å². The number of morpholine rings is 1. The molecule has 1 atom stereocenters. The summed E-state index contributed by atoms with van der Waals surface area (Å²) in [5.74, 6) is -2.76. The van der Waals surface area contributed by atoms with Gasteiger partial charge < -0.3 is 15.0 Å². The van der Waals surface area contributed by atoms with Crippen molar-refractivity contribution in [3.8, 4) is 0 Å². The van der Waals surface area contributed by atoms with Crippen LogP contribution in [0.4, 0.5) is 14.5 Å². The summed E-state index contributed by atoms with van der Waals surface area (Å²) in [7, 11) is 0. The lowest BCUT2D eigenvalue weighted by Crippen LogP contribution is -2.44. The van der Waals surface area contributed by atoms with E-state index in [1.165, 1.54) is 6.07 Å². The molecule has 1 N–H and O–H groups in total. The number of nitrogens with one attached hydrogen (secondary N) is 1. The van der Waals surface area contributed by atoms with E-state index in [4.69, 9.17) is 4.74 Å². The molecule has 1 saturated heterocycles. The molecule has 7 heteroatoms. The van der Waals surface area contributed by atoms with Gasteiger partial charge in [0.05, 0.1) is 12.7 Å². The molecule has 1 heterocycles. The van der Waals surface area contributed by atoms with Gasteiger partial charge in [0.25, 0.3) is 11.8 Å². The molecule has 1 aliphatic heterocycles. The molecule has 2 amide bonds. The summed E-state index contributed by atoms with van der Waals surface area (Å²) < 4.78 is 31.6. The normalized spacial score (nSPS) is 17.0. The van der Waals surface area contributed by atoms with Gasteiger partial charge in [-0.05, 0) is 49.4 Å². The van der Waals surface area contributed by atoms with E-state index in [2.05, 4.69) is 5.32 Å². The van der Waals surface area contributed by atoms with Gasteiger partial charge in [0, 0.05) is 29.9 Å². The average molecular weight is 360 g/mol. The van der Waals surface area contributed by atoms with E-state index in [1.807, 2.05) is 6.92 Å². The van der Waals surface area contributed by atoms with Crippen LogP contribution in [-0.4, -0.2) is 42.5 Å². The van der Waals surface area contributed by atoms with Crippen LogP contribution in [0.1, 0.15) is 27.6 Å². The number of amides is 2. The molecule has 2 aromatic rings. The van der Waals surface area contributed by atoms with Crippen LogP contribution in [0.15, 0.2) is 42.5 Å². The molecule has 0 aliphatic carbocycles. The largest absolute Gasteiger partial charge is 0.375 e. The molecule has 3 rings (SSSR count). The highest BCUT2D eigenvalue weighted by atomic mass is 19.2. The predicted octanol–water partition coefficient (Wildman–Crippen LogP) is 3.08. The first-order valence-electron chi connectivity index (χ1n) is 8.21. The van der Waals surface area contributed by atoms with Crippen molar-refractivity contribution in [3.63, 3.8) is 0 Å². The summed E-state index contributed by atoms with van der Waals surface area (Å²) in [4.78, 5) is 26.3. The number of hydrogen-bond acceptors (Lipinski definition) is 3. The molecule has 136 valence electrons. The number of carbonyl (C=O) groups excluding carboxylic acids is 2. The molecule has 1 fully saturated rings. The molecule has 0 spiro atoms. The fourth-order valence-corrected chi connectivity index (χ4v) is 2.72. The second-order valence-electron chi connectivity index (χ2n) is 6.09.